The molecule has 0 bridgehead atoms. The average molecular weight is 154 g/mol. The second-order valence-corrected chi connectivity index (χ2v) is 0. The Bertz CT molecular complexity index is 3.25. The van der Waals surface area contributed by atoms with E-state index in [0.29, 0.717) is 0 Å². The maximum atomic E-state index is 0. The summed E-state index contributed by atoms with van der Waals surface area (Å²) in [4.78, 5) is 0. The van der Waals surface area contributed by atoms with Crippen LogP contribution >= 0.6 is 0 Å². The van der Waals surface area contributed by atoms with Gasteiger partial charge in [0, 0.05) is 0 Å². The van der Waals surface area contributed by atoms with E-state index < -0.39 is 0 Å². The first kappa shape index (κ1) is 218. The van der Waals surface area contributed by atoms with Crippen LogP contribution < -0.4 is 0 Å². The van der Waals surface area contributed by atoms with Gasteiger partial charge in [0.1, 0.15) is 0 Å². The van der Waals surface area contributed by atoms with Crippen LogP contribution in [-0.4, -0.2) is 16.4 Å². The van der Waals surface area contributed by atoms with Crippen LogP contribution in [0.5, 0.6) is 0 Å². The molecule has 0 radical (unpaired) electrons. The van der Waals surface area contributed by atoms with Crippen molar-refractivity contribution in [1.29, 1.82) is 0 Å². The van der Waals surface area contributed by atoms with Crippen LogP contribution in [0, 0.1) is 0 Å². The zero-order valence-corrected chi connectivity index (χ0v) is 3.31. The minimum absolute atomic E-state index is 0. The summed E-state index contributed by atoms with van der Waals surface area (Å²) in [5, 5.41) is 0. The van der Waals surface area contributed by atoms with Crippen LogP contribution in [0.3, 0.4) is 0 Å². The van der Waals surface area contributed by atoms with E-state index in [9.17, 15) is 0 Å². The van der Waals surface area contributed by atoms with Gasteiger partial charge in [-0.2, -0.15) is 0 Å². The Morgan fingerprint density at radius 1 is 0.500 bits per heavy atom. The van der Waals surface area contributed by atoms with E-state index in [1.165, 1.54) is 0 Å². The normalized spacial score (nSPS) is 0. The molecule has 30 valence electrons. The van der Waals surface area contributed by atoms with E-state index in [4.69, 9.17) is 0 Å². The molecular weight excluding hydrogens is 151 g/mol. The van der Waals surface area contributed by atoms with Gasteiger partial charge in [-0.25, -0.2) is 0 Å². The molecule has 0 unspecified atom stereocenters. The van der Waals surface area contributed by atoms with Crippen LogP contribution in [0.1, 0.15) is 0 Å². The molecule has 0 fully saturated rings. The molecule has 0 aromatic carbocycles. The van der Waals surface area contributed by atoms with Gasteiger partial charge in [0.05, 0.1) is 0 Å². The largest absolute Gasteiger partial charge is 3.00 e. The van der Waals surface area contributed by atoms with Gasteiger partial charge in [-0.05, 0) is 0 Å². The summed E-state index contributed by atoms with van der Waals surface area (Å²) in [6.07, 6.45) is 0. The molecule has 4 heteroatoms. The Morgan fingerprint density at radius 2 is 0.500 bits per heavy atom. The van der Waals surface area contributed by atoms with E-state index in [1.807, 2.05) is 0 Å². The summed E-state index contributed by atoms with van der Waals surface area (Å²) in [5.41, 5.74) is 0. The van der Waals surface area contributed by atoms with Crippen molar-refractivity contribution in [3.63, 3.8) is 0 Å². The van der Waals surface area contributed by atoms with Gasteiger partial charge < -0.3 is 16.4 Å². The van der Waals surface area contributed by atoms with Crippen molar-refractivity contribution in [3.8, 4) is 0 Å². The van der Waals surface area contributed by atoms with E-state index in [2.05, 4.69) is 0 Å². The fourth-order valence-corrected chi connectivity index (χ4v) is 0. The maximum absolute atomic E-state index is 0. The van der Waals surface area contributed by atoms with Crippen molar-refractivity contribution in [1.82, 2.24) is 0 Å². The van der Waals surface area contributed by atoms with Crippen molar-refractivity contribution in [2.24, 2.45) is 0 Å². The smallest absolute Gasteiger partial charge is 0.870 e. The number of hydrogen-bond acceptors (Lipinski definition) is 3. The minimum atomic E-state index is 0. The quantitative estimate of drug-likeness (QED) is 0.439. The monoisotopic (exact) mass is 154 g/mol. The second kappa shape index (κ2) is 86.6. The molecular formula is H3O3Rh. The van der Waals surface area contributed by atoms with E-state index >= 15 is 0 Å². The third-order valence-electron chi connectivity index (χ3n) is 0. The van der Waals surface area contributed by atoms with E-state index in [0.717, 1.165) is 0 Å². The summed E-state index contributed by atoms with van der Waals surface area (Å²) in [6, 6.07) is 0. The van der Waals surface area contributed by atoms with Crippen LogP contribution in [0.2, 0.25) is 0 Å². The van der Waals surface area contributed by atoms with Gasteiger partial charge in [0.15, 0.2) is 0 Å². The molecule has 0 aromatic rings. The Morgan fingerprint density at radius 3 is 0.500 bits per heavy atom. The first-order chi connectivity index (χ1) is 0. The number of hydrogen-bond donors (Lipinski definition) is 0. The number of rotatable bonds is 0. The molecule has 0 amide bonds. The van der Waals surface area contributed by atoms with Crippen LogP contribution in [0.25, 0.3) is 0 Å². The fraction of sp³-hybridized carbons (Fsp3) is 0. The Hall–Kier alpha value is 0.503. The Balaban J connectivity index is 0. The van der Waals surface area contributed by atoms with Crippen molar-refractivity contribution in [3.05, 3.63) is 0 Å². The van der Waals surface area contributed by atoms with Crippen molar-refractivity contribution in [2.75, 3.05) is 0 Å². The van der Waals surface area contributed by atoms with Gasteiger partial charge in [-0.1, -0.05) is 0 Å². The molecule has 0 saturated heterocycles. The van der Waals surface area contributed by atoms with Crippen molar-refractivity contribution >= 4 is 0 Å². The Kier molecular flexibility index (Phi) is 4730. The average Bonchev–Trinajstić information content (AvgIpc) is 0. The molecule has 0 rings (SSSR count). The van der Waals surface area contributed by atoms with Gasteiger partial charge in [0.2, 0.25) is 0 Å². The summed E-state index contributed by atoms with van der Waals surface area (Å²) in [7, 11) is 0. The molecule has 4 heavy (non-hydrogen) atoms. The summed E-state index contributed by atoms with van der Waals surface area (Å²) < 4.78 is 0. The minimum Gasteiger partial charge on any atom is -0.870 e. The third kappa shape index (κ3) is 22.3. The zero-order valence-electron chi connectivity index (χ0n) is 1.67. The molecule has 0 saturated carbocycles. The van der Waals surface area contributed by atoms with Crippen LogP contribution in [-0.2, 0) is 19.5 Å². The third-order valence-corrected chi connectivity index (χ3v) is 0. The predicted molar refractivity (Wildman–Crippen MR) is 5.81 cm³/mol. The van der Waals surface area contributed by atoms with Crippen LogP contribution in [0.4, 0.5) is 0 Å². The van der Waals surface area contributed by atoms with Crippen LogP contribution in [0.15, 0.2) is 0 Å². The molecule has 0 spiro atoms. The maximum Gasteiger partial charge on any atom is 3.00 e. The standard InChI is InChI=1S/3H2O.Rh/h3*1H2;/q;;;+3/p-3. The van der Waals surface area contributed by atoms with E-state index in [-0.39, 0.29) is 35.9 Å². The van der Waals surface area contributed by atoms with Crippen molar-refractivity contribution < 1.29 is 35.9 Å². The Labute approximate surface area is 36.7 Å². The topological polar surface area (TPSA) is 90.0 Å². The molecule has 0 aliphatic rings. The first-order valence-electron chi connectivity index (χ1n) is 0. The van der Waals surface area contributed by atoms with E-state index in [1.54, 1.807) is 0 Å². The predicted octanol–water partition coefficient (Wildman–Crippen LogP) is -0.533. The summed E-state index contributed by atoms with van der Waals surface area (Å²) in [6.45, 7) is 0. The second-order valence-electron chi connectivity index (χ2n) is 0. The molecule has 0 aliphatic heterocycles. The molecule has 3 N–H and O–H groups in total. The molecule has 0 heterocycles. The zero-order chi connectivity index (χ0) is 0. The van der Waals surface area contributed by atoms with Gasteiger partial charge in [-0.3, -0.25) is 0 Å². The first-order valence-corrected chi connectivity index (χ1v) is 0. The molecule has 0 aromatic heterocycles. The summed E-state index contributed by atoms with van der Waals surface area (Å²) >= 11 is 0. The van der Waals surface area contributed by atoms with Gasteiger partial charge in [0.25, 0.3) is 0 Å². The van der Waals surface area contributed by atoms with Crippen molar-refractivity contribution in [2.45, 2.75) is 0 Å². The molecule has 3 nitrogen and oxygen atoms in total. The fourth-order valence-electron chi connectivity index (χ4n) is 0. The van der Waals surface area contributed by atoms with Gasteiger partial charge >= 0.3 is 19.5 Å². The SMILES string of the molecule is [OH-].[OH-].[OH-].[Rh+3]. The molecule has 0 aliphatic carbocycles. The molecule has 0 atom stereocenters. The van der Waals surface area contributed by atoms with Gasteiger partial charge in [-0.15, -0.1) is 0 Å². The summed E-state index contributed by atoms with van der Waals surface area (Å²) in [5.74, 6) is 0.